The van der Waals surface area contributed by atoms with E-state index in [1.165, 1.54) is 23.3 Å². The molecular weight excluding hydrogens is 556 g/mol. The van der Waals surface area contributed by atoms with Gasteiger partial charge in [0.15, 0.2) is 0 Å². The first-order chi connectivity index (χ1) is 19.9. The third kappa shape index (κ3) is 7.65. The van der Waals surface area contributed by atoms with Crippen LogP contribution in [0.15, 0.2) is 48.5 Å². The molecule has 0 radical (unpaired) electrons. The number of hydrogen-bond acceptors (Lipinski definition) is 4. The number of imide groups is 1. The van der Waals surface area contributed by atoms with E-state index in [1.54, 1.807) is 0 Å². The number of amides is 5. The molecule has 2 saturated heterocycles. The van der Waals surface area contributed by atoms with Gasteiger partial charge in [-0.3, -0.25) is 19.3 Å². The number of likely N-dealkylation sites (N-methyl/N-ethyl adjacent to an activating group) is 1. The van der Waals surface area contributed by atoms with Gasteiger partial charge in [-0.05, 0) is 36.6 Å². The number of likely N-dealkylation sites (tertiary alicyclic amines) is 1. The van der Waals surface area contributed by atoms with Crippen molar-refractivity contribution in [3.05, 3.63) is 71.0 Å². The molecule has 1 spiro atoms. The smallest absolute Gasteiger partial charge is 0.343 e. The van der Waals surface area contributed by atoms with Gasteiger partial charge in [0.1, 0.15) is 11.4 Å². The molecule has 2 aliphatic rings. The summed E-state index contributed by atoms with van der Waals surface area (Å²) in [6.07, 6.45) is -3.16. The van der Waals surface area contributed by atoms with Crippen molar-refractivity contribution < 1.29 is 36.7 Å². The van der Waals surface area contributed by atoms with Crippen molar-refractivity contribution in [1.29, 1.82) is 0 Å². The molecule has 12 heteroatoms. The summed E-state index contributed by atoms with van der Waals surface area (Å²) >= 11 is 0. The van der Waals surface area contributed by atoms with Crippen LogP contribution in [0.3, 0.4) is 0 Å². The topological polar surface area (TPSA) is 90.0 Å². The number of piperidine rings is 1. The highest BCUT2D eigenvalue weighted by molar-refractivity contribution is 6.07. The zero-order chi connectivity index (χ0) is 31.7. The van der Waals surface area contributed by atoms with Crippen molar-refractivity contribution in [2.24, 2.45) is 0 Å². The van der Waals surface area contributed by atoms with Crippen molar-refractivity contribution in [2.75, 3.05) is 26.7 Å². The van der Waals surface area contributed by atoms with E-state index >= 15 is 0 Å². The average molecular weight is 595 g/mol. The molecule has 0 atom stereocenters. The lowest BCUT2D eigenvalue weighted by Gasteiger charge is -2.42. The van der Waals surface area contributed by atoms with Crippen LogP contribution < -0.4 is 5.32 Å². The molecule has 4 rings (SSSR count). The molecule has 0 saturated carbocycles. The number of halogens is 4. The average Bonchev–Trinajstić information content (AvgIpc) is 3.14. The van der Waals surface area contributed by atoms with E-state index in [-0.39, 0.29) is 38.4 Å². The highest BCUT2D eigenvalue weighted by Crippen LogP contribution is 2.38. The molecule has 230 valence electrons. The predicted molar refractivity (Wildman–Crippen MR) is 150 cm³/mol. The summed E-state index contributed by atoms with van der Waals surface area (Å²) in [4.78, 5) is 54.9. The second-order valence-electron chi connectivity index (χ2n) is 9.71. The fourth-order valence-corrected chi connectivity index (χ4v) is 4.71. The molecule has 8 nitrogen and oxygen atoms in total. The van der Waals surface area contributed by atoms with E-state index in [0.717, 1.165) is 10.5 Å². The number of alkyl halides is 3. The summed E-state index contributed by atoms with van der Waals surface area (Å²) in [6.45, 7) is 8.14. The first kappa shape index (κ1) is 34.2. The molecule has 1 N–H and O–H groups in total. The number of urea groups is 1. The third-order valence-corrected chi connectivity index (χ3v) is 6.80. The second kappa shape index (κ2) is 14.8. The first-order valence-electron chi connectivity index (χ1n) is 13.9. The van der Waals surface area contributed by atoms with Gasteiger partial charge in [-0.25, -0.2) is 9.18 Å². The van der Waals surface area contributed by atoms with Crippen LogP contribution in [0.5, 0.6) is 0 Å². The minimum absolute atomic E-state index is 0.116. The maximum Gasteiger partial charge on any atom is 0.416 e. The molecular formula is C30H38F4N4O4. The maximum atomic E-state index is 14.0. The fourth-order valence-electron chi connectivity index (χ4n) is 4.71. The lowest BCUT2D eigenvalue weighted by molar-refractivity contribution is -0.140. The minimum atomic E-state index is -4.76. The molecule has 0 aliphatic carbocycles. The highest BCUT2D eigenvalue weighted by atomic mass is 19.4. The largest absolute Gasteiger partial charge is 0.416 e. The van der Waals surface area contributed by atoms with E-state index in [9.17, 15) is 36.7 Å². The number of carbonyl (C=O) groups excluding carboxylic acids is 4. The van der Waals surface area contributed by atoms with Crippen LogP contribution in [0, 0.1) is 5.82 Å². The van der Waals surface area contributed by atoms with Crippen molar-refractivity contribution >= 4 is 23.8 Å². The van der Waals surface area contributed by atoms with E-state index in [1.807, 2.05) is 44.2 Å². The number of rotatable bonds is 5. The van der Waals surface area contributed by atoms with Gasteiger partial charge in [0.2, 0.25) is 5.91 Å². The second-order valence-corrected chi connectivity index (χ2v) is 9.71. The van der Waals surface area contributed by atoms with Crippen LogP contribution in [0.2, 0.25) is 0 Å². The summed E-state index contributed by atoms with van der Waals surface area (Å²) in [5.74, 6) is -3.20. The van der Waals surface area contributed by atoms with E-state index < -0.39 is 53.0 Å². The number of hydrogen-bond donors (Lipinski definition) is 1. The molecule has 0 aromatic heterocycles. The van der Waals surface area contributed by atoms with E-state index in [4.69, 9.17) is 0 Å². The number of nitrogens with zero attached hydrogens (tertiary/aromatic N) is 3. The molecule has 2 aliphatic heterocycles. The highest BCUT2D eigenvalue weighted by Gasteiger charge is 2.57. The van der Waals surface area contributed by atoms with Gasteiger partial charge in [0, 0.05) is 26.7 Å². The third-order valence-electron chi connectivity index (χ3n) is 6.80. The predicted octanol–water partition coefficient (Wildman–Crippen LogP) is 5.47. The number of carbonyl (C=O) groups is 4. The minimum Gasteiger partial charge on any atom is -0.343 e. The number of benzene rings is 2. The lowest BCUT2D eigenvalue weighted by Crippen LogP contribution is -2.57. The van der Waals surface area contributed by atoms with Crippen molar-refractivity contribution in [2.45, 2.75) is 65.2 Å². The molecule has 2 aromatic rings. The molecule has 0 bridgehead atoms. The van der Waals surface area contributed by atoms with Crippen LogP contribution >= 0.6 is 0 Å². The molecule has 2 fully saturated rings. The molecule has 2 heterocycles. The Kier molecular flexibility index (Phi) is 12.1. The van der Waals surface area contributed by atoms with Crippen LogP contribution in [0.1, 0.15) is 68.4 Å². The lowest BCUT2D eigenvalue weighted by atomic mass is 9.85. The molecule has 2 aromatic carbocycles. The van der Waals surface area contributed by atoms with Gasteiger partial charge < -0.3 is 15.1 Å². The molecule has 0 unspecified atom stereocenters. The Balaban J connectivity index is 0.00000116. The Labute approximate surface area is 243 Å². The summed E-state index contributed by atoms with van der Waals surface area (Å²) in [7, 11) is 1.41. The zero-order valence-corrected chi connectivity index (χ0v) is 24.6. The van der Waals surface area contributed by atoms with Gasteiger partial charge in [0.25, 0.3) is 11.8 Å². The Morgan fingerprint density at radius 2 is 1.55 bits per heavy atom. The molecule has 5 amide bonds. The van der Waals surface area contributed by atoms with Crippen LogP contribution in [-0.4, -0.2) is 70.7 Å². The summed E-state index contributed by atoms with van der Waals surface area (Å²) < 4.78 is 52.7. The summed E-state index contributed by atoms with van der Waals surface area (Å²) in [5, 5.41) is 2.16. The fraction of sp³-hybridized carbons (Fsp3) is 0.467. The Bertz CT molecular complexity index is 1250. The zero-order valence-electron chi connectivity index (χ0n) is 24.6. The van der Waals surface area contributed by atoms with Crippen LogP contribution in [-0.2, 0) is 22.3 Å². The van der Waals surface area contributed by atoms with Gasteiger partial charge in [-0.2, -0.15) is 13.2 Å². The summed E-state index contributed by atoms with van der Waals surface area (Å²) in [6, 6.07) is 10.2. The van der Waals surface area contributed by atoms with E-state index in [0.29, 0.717) is 18.2 Å². The van der Waals surface area contributed by atoms with Crippen LogP contribution in [0.25, 0.3) is 0 Å². The van der Waals surface area contributed by atoms with Gasteiger partial charge >= 0.3 is 12.2 Å². The monoisotopic (exact) mass is 594 g/mol. The standard InChI is InChI=1S/C25H24F4N4O4.C3H8.C2H6/c1-31-22(36)24(33(23(31)37)15-16-5-3-2-4-6-16)9-11-32(12-10-24)20(34)14-30-21(35)18-13-17(25(27,28)29)7-8-19(18)26;1-3-2;1-2/h2-8,13H,9-12,14-15H2,1H3,(H,30,35);3H2,1-2H3;1-2H3. The van der Waals surface area contributed by atoms with Gasteiger partial charge in [0.05, 0.1) is 17.7 Å². The van der Waals surface area contributed by atoms with Crippen LogP contribution in [0.4, 0.5) is 22.4 Å². The summed E-state index contributed by atoms with van der Waals surface area (Å²) in [5.41, 5.74) is -2.27. The maximum absolute atomic E-state index is 14.0. The Hall–Kier alpha value is -3.96. The van der Waals surface area contributed by atoms with Crippen molar-refractivity contribution in [1.82, 2.24) is 20.0 Å². The SMILES string of the molecule is CC.CCC.CN1C(=O)N(Cc2ccccc2)C2(CCN(C(=O)CNC(=O)c3cc(C(F)(F)F)ccc3F)CC2)C1=O. The quantitative estimate of drug-likeness (QED) is 0.367. The number of nitrogens with one attached hydrogen (secondary N) is 1. The van der Waals surface area contributed by atoms with Gasteiger partial charge in [-0.1, -0.05) is 64.4 Å². The first-order valence-corrected chi connectivity index (χ1v) is 13.9. The normalized spacial score (nSPS) is 16.0. The van der Waals surface area contributed by atoms with Gasteiger partial charge in [-0.15, -0.1) is 0 Å². The Morgan fingerprint density at radius 3 is 2.10 bits per heavy atom. The van der Waals surface area contributed by atoms with E-state index in [2.05, 4.69) is 19.2 Å². The Morgan fingerprint density at radius 1 is 0.976 bits per heavy atom. The van der Waals surface area contributed by atoms with Crippen molar-refractivity contribution in [3.63, 3.8) is 0 Å². The molecule has 42 heavy (non-hydrogen) atoms. The van der Waals surface area contributed by atoms with Crippen molar-refractivity contribution in [3.8, 4) is 0 Å².